The number of hydrogen-bond donors (Lipinski definition) is 1. The van der Waals surface area contributed by atoms with Gasteiger partial charge in [0.2, 0.25) is 0 Å². The predicted molar refractivity (Wildman–Crippen MR) is 80.5 cm³/mol. The standard InChI is InChI=1S/C14H16BrNOS/c1-8-4-5-10(7-12(8)17-3)13(16)14-11(15)6-9(2)18-14/h4-7,13H,16H2,1-3H3. The van der Waals surface area contributed by atoms with Crippen LogP contribution in [-0.2, 0) is 0 Å². The highest BCUT2D eigenvalue weighted by atomic mass is 79.9. The van der Waals surface area contributed by atoms with E-state index in [1.165, 1.54) is 4.88 Å². The Kier molecular flexibility index (Phi) is 4.10. The fourth-order valence-electron chi connectivity index (χ4n) is 1.89. The molecule has 1 heterocycles. The second-order valence-electron chi connectivity index (χ2n) is 4.28. The first-order valence-electron chi connectivity index (χ1n) is 5.69. The molecule has 2 rings (SSSR count). The third kappa shape index (κ3) is 2.60. The van der Waals surface area contributed by atoms with Crippen molar-refractivity contribution in [2.24, 2.45) is 5.73 Å². The number of hydrogen-bond acceptors (Lipinski definition) is 3. The number of ether oxygens (including phenoxy) is 1. The van der Waals surface area contributed by atoms with Crippen LogP contribution in [0.1, 0.15) is 26.9 Å². The van der Waals surface area contributed by atoms with Crippen molar-refractivity contribution in [3.8, 4) is 5.75 Å². The van der Waals surface area contributed by atoms with E-state index in [2.05, 4.69) is 35.0 Å². The molecule has 1 aromatic heterocycles. The van der Waals surface area contributed by atoms with E-state index in [9.17, 15) is 0 Å². The second kappa shape index (κ2) is 5.43. The lowest BCUT2D eigenvalue weighted by molar-refractivity contribution is 0.411. The van der Waals surface area contributed by atoms with Crippen LogP contribution in [0, 0.1) is 13.8 Å². The Balaban J connectivity index is 2.39. The SMILES string of the molecule is COc1cc(C(N)c2sc(C)cc2Br)ccc1C. The molecular formula is C14H16BrNOS. The van der Waals surface area contributed by atoms with E-state index < -0.39 is 0 Å². The lowest BCUT2D eigenvalue weighted by atomic mass is 10.0. The maximum atomic E-state index is 6.33. The van der Waals surface area contributed by atoms with E-state index in [-0.39, 0.29) is 6.04 Å². The number of methoxy groups -OCH3 is 1. The molecule has 0 spiro atoms. The minimum atomic E-state index is -0.118. The Morgan fingerprint density at radius 1 is 1.28 bits per heavy atom. The monoisotopic (exact) mass is 325 g/mol. The van der Waals surface area contributed by atoms with E-state index in [1.807, 2.05) is 19.1 Å². The van der Waals surface area contributed by atoms with E-state index in [0.29, 0.717) is 0 Å². The number of rotatable bonds is 3. The molecule has 2 aromatic rings. The van der Waals surface area contributed by atoms with Crippen molar-refractivity contribution in [2.75, 3.05) is 7.11 Å². The zero-order valence-corrected chi connectivity index (χ0v) is 13.1. The Morgan fingerprint density at radius 3 is 2.56 bits per heavy atom. The largest absolute Gasteiger partial charge is 0.496 e. The summed E-state index contributed by atoms with van der Waals surface area (Å²) in [6, 6.07) is 8.10. The van der Waals surface area contributed by atoms with Gasteiger partial charge in [-0.2, -0.15) is 0 Å². The third-order valence-corrected chi connectivity index (χ3v) is 4.96. The van der Waals surface area contributed by atoms with Crippen molar-refractivity contribution in [1.82, 2.24) is 0 Å². The maximum absolute atomic E-state index is 6.33. The summed E-state index contributed by atoms with van der Waals surface area (Å²) < 4.78 is 6.42. The van der Waals surface area contributed by atoms with Gasteiger partial charge in [-0.05, 0) is 53.0 Å². The second-order valence-corrected chi connectivity index (χ2v) is 6.42. The lowest BCUT2D eigenvalue weighted by Crippen LogP contribution is -2.11. The van der Waals surface area contributed by atoms with E-state index >= 15 is 0 Å². The summed E-state index contributed by atoms with van der Waals surface area (Å²) in [5.74, 6) is 0.882. The molecule has 1 atom stereocenters. The average molecular weight is 326 g/mol. The fraction of sp³-hybridized carbons (Fsp3) is 0.286. The summed E-state index contributed by atoms with van der Waals surface area (Å²) >= 11 is 5.29. The van der Waals surface area contributed by atoms with Crippen LogP contribution in [0.3, 0.4) is 0 Å². The van der Waals surface area contributed by atoms with Crippen molar-refractivity contribution in [2.45, 2.75) is 19.9 Å². The lowest BCUT2D eigenvalue weighted by Gasteiger charge is -2.13. The fourth-order valence-corrected chi connectivity index (χ4v) is 3.82. The van der Waals surface area contributed by atoms with Crippen molar-refractivity contribution < 1.29 is 4.74 Å². The summed E-state index contributed by atoms with van der Waals surface area (Å²) in [5, 5.41) is 0. The molecule has 0 fully saturated rings. The smallest absolute Gasteiger partial charge is 0.122 e. The summed E-state index contributed by atoms with van der Waals surface area (Å²) in [4.78, 5) is 2.41. The summed E-state index contributed by atoms with van der Waals surface area (Å²) in [7, 11) is 1.68. The molecule has 1 aromatic carbocycles. The van der Waals surface area contributed by atoms with E-state index in [4.69, 9.17) is 10.5 Å². The number of nitrogens with two attached hydrogens (primary N) is 1. The van der Waals surface area contributed by atoms with Gasteiger partial charge in [-0.3, -0.25) is 0 Å². The Morgan fingerprint density at radius 2 is 2.00 bits per heavy atom. The normalized spacial score (nSPS) is 12.5. The van der Waals surface area contributed by atoms with Crippen LogP contribution in [0.25, 0.3) is 0 Å². The number of benzene rings is 1. The Labute approximate surface area is 120 Å². The first kappa shape index (κ1) is 13.6. The van der Waals surface area contributed by atoms with Gasteiger partial charge in [-0.15, -0.1) is 11.3 Å². The van der Waals surface area contributed by atoms with Gasteiger partial charge in [-0.25, -0.2) is 0 Å². The van der Waals surface area contributed by atoms with E-state index in [0.717, 1.165) is 26.2 Å². The molecule has 0 aliphatic rings. The van der Waals surface area contributed by atoms with Crippen molar-refractivity contribution in [1.29, 1.82) is 0 Å². The molecule has 2 nitrogen and oxygen atoms in total. The van der Waals surface area contributed by atoms with Gasteiger partial charge in [0, 0.05) is 14.2 Å². The number of aryl methyl sites for hydroxylation is 2. The van der Waals surface area contributed by atoms with E-state index in [1.54, 1.807) is 18.4 Å². The highest BCUT2D eigenvalue weighted by Gasteiger charge is 2.16. The average Bonchev–Trinajstić information content (AvgIpc) is 2.68. The number of halogens is 1. The topological polar surface area (TPSA) is 35.2 Å². The van der Waals surface area contributed by atoms with Gasteiger partial charge in [-0.1, -0.05) is 12.1 Å². The van der Waals surface area contributed by atoms with Crippen molar-refractivity contribution >= 4 is 27.3 Å². The molecule has 96 valence electrons. The van der Waals surface area contributed by atoms with Gasteiger partial charge in [0.15, 0.2) is 0 Å². The molecule has 2 N–H and O–H groups in total. The first-order valence-corrected chi connectivity index (χ1v) is 7.30. The van der Waals surface area contributed by atoms with Crippen LogP contribution in [0.2, 0.25) is 0 Å². The van der Waals surface area contributed by atoms with Crippen LogP contribution in [0.15, 0.2) is 28.7 Å². The Bertz CT molecular complexity index is 565. The van der Waals surface area contributed by atoms with Gasteiger partial charge < -0.3 is 10.5 Å². The van der Waals surface area contributed by atoms with Gasteiger partial charge in [0.05, 0.1) is 13.2 Å². The van der Waals surface area contributed by atoms with Crippen LogP contribution in [-0.4, -0.2) is 7.11 Å². The molecule has 0 bridgehead atoms. The molecule has 1 unspecified atom stereocenters. The molecule has 0 aliphatic heterocycles. The molecule has 4 heteroatoms. The van der Waals surface area contributed by atoms with Gasteiger partial charge in [0.1, 0.15) is 5.75 Å². The summed E-state index contributed by atoms with van der Waals surface area (Å²) in [6.07, 6.45) is 0. The maximum Gasteiger partial charge on any atom is 0.122 e. The quantitative estimate of drug-likeness (QED) is 0.918. The zero-order chi connectivity index (χ0) is 13.3. The van der Waals surface area contributed by atoms with Crippen LogP contribution in [0.5, 0.6) is 5.75 Å². The Hall–Kier alpha value is -0.840. The molecule has 0 amide bonds. The third-order valence-electron chi connectivity index (χ3n) is 2.91. The minimum Gasteiger partial charge on any atom is -0.496 e. The van der Waals surface area contributed by atoms with Crippen LogP contribution < -0.4 is 10.5 Å². The van der Waals surface area contributed by atoms with Gasteiger partial charge >= 0.3 is 0 Å². The van der Waals surface area contributed by atoms with Crippen molar-refractivity contribution in [3.63, 3.8) is 0 Å². The zero-order valence-electron chi connectivity index (χ0n) is 10.7. The first-order chi connectivity index (χ1) is 8.52. The van der Waals surface area contributed by atoms with Crippen LogP contribution in [0.4, 0.5) is 0 Å². The van der Waals surface area contributed by atoms with Crippen molar-refractivity contribution in [3.05, 3.63) is 49.6 Å². The highest BCUT2D eigenvalue weighted by molar-refractivity contribution is 9.10. The van der Waals surface area contributed by atoms with Crippen LogP contribution >= 0.6 is 27.3 Å². The molecule has 0 radical (unpaired) electrons. The molecule has 0 aliphatic carbocycles. The summed E-state index contributed by atoms with van der Waals surface area (Å²) in [6.45, 7) is 4.11. The highest BCUT2D eigenvalue weighted by Crippen LogP contribution is 2.35. The van der Waals surface area contributed by atoms with Gasteiger partial charge in [0.25, 0.3) is 0 Å². The molecular weight excluding hydrogens is 310 g/mol. The predicted octanol–water partition coefficient (Wildman–Crippen LogP) is 4.18. The number of thiophene rings is 1. The summed E-state index contributed by atoms with van der Waals surface area (Å²) in [5.41, 5.74) is 8.52. The molecule has 18 heavy (non-hydrogen) atoms. The molecule has 0 saturated heterocycles. The minimum absolute atomic E-state index is 0.118. The molecule has 0 saturated carbocycles.